The van der Waals surface area contributed by atoms with Crippen LogP contribution in [-0.2, 0) is 4.74 Å². The van der Waals surface area contributed by atoms with Crippen LogP contribution >= 0.6 is 0 Å². The molecule has 0 unspecified atom stereocenters. The largest absolute Gasteiger partial charge is 0.412 e. The van der Waals surface area contributed by atoms with E-state index in [1.807, 2.05) is 0 Å². The molecule has 14 heavy (non-hydrogen) atoms. The van der Waals surface area contributed by atoms with E-state index >= 15 is 0 Å². The van der Waals surface area contributed by atoms with E-state index in [-0.39, 0.29) is 27.4 Å². The van der Waals surface area contributed by atoms with Crippen LogP contribution < -0.4 is 0 Å². The highest BCUT2D eigenvalue weighted by Gasteiger charge is 1.84. The molecule has 0 fully saturated rings. The van der Waals surface area contributed by atoms with Crippen molar-refractivity contribution in [1.29, 1.82) is 0 Å². The Hall–Kier alpha value is -0.240. The van der Waals surface area contributed by atoms with Crippen molar-refractivity contribution in [3.63, 3.8) is 0 Å². The van der Waals surface area contributed by atoms with Crippen LogP contribution in [0.3, 0.4) is 0 Å². The first kappa shape index (κ1) is 37.2. The van der Waals surface area contributed by atoms with E-state index < -0.39 is 0 Å². The molecule has 0 amide bonds. The first-order valence-electron chi connectivity index (χ1n) is 3.99. The van der Waals surface area contributed by atoms with Gasteiger partial charge in [-0.15, -0.1) is 0 Å². The Balaban J connectivity index is -0.0000000320. The first-order chi connectivity index (χ1) is 4.41. The summed E-state index contributed by atoms with van der Waals surface area (Å²) in [7, 11) is 0. The van der Waals surface area contributed by atoms with Crippen molar-refractivity contribution in [1.82, 2.24) is 0 Å². The van der Waals surface area contributed by atoms with Crippen molar-refractivity contribution in [3.05, 3.63) is 0 Å². The van der Waals surface area contributed by atoms with E-state index in [1.54, 1.807) is 0 Å². The molecule has 0 aromatic rings. The normalized spacial score (nSPS) is 6.43. The molecule has 0 saturated heterocycles. The molecule has 0 aliphatic carbocycles. The van der Waals surface area contributed by atoms with Gasteiger partial charge in [0.15, 0.2) is 0 Å². The number of hydrogen-bond donors (Lipinski definition) is 0. The lowest BCUT2D eigenvalue weighted by molar-refractivity contribution is 0.128. The second-order valence-electron chi connectivity index (χ2n) is 2.32. The van der Waals surface area contributed by atoms with Crippen LogP contribution in [0.15, 0.2) is 0 Å². The van der Waals surface area contributed by atoms with Crippen LogP contribution in [0.2, 0.25) is 0 Å². The van der Waals surface area contributed by atoms with Gasteiger partial charge in [-0.25, -0.2) is 0 Å². The van der Waals surface area contributed by atoms with E-state index in [9.17, 15) is 0 Å². The Kier molecular flexibility index (Phi) is 103. The summed E-state index contributed by atoms with van der Waals surface area (Å²) in [6, 6.07) is 0. The molecule has 0 spiro atoms. The zero-order valence-electron chi connectivity index (χ0n) is 9.15. The molecule has 0 aliphatic heterocycles. The number of ether oxygens (including phenoxy) is 1. The minimum Gasteiger partial charge on any atom is -0.412 e. The number of unbranched alkanes of at least 4 members (excludes halogenated alkanes) is 2. The Morgan fingerprint density at radius 3 is 1.14 bits per heavy atom. The van der Waals surface area contributed by atoms with E-state index in [1.165, 1.54) is 25.7 Å². The van der Waals surface area contributed by atoms with Crippen LogP contribution in [0, 0.1) is 0 Å². The minimum absolute atomic E-state index is 0. The lowest BCUT2D eigenvalue weighted by Gasteiger charge is -1.99. The van der Waals surface area contributed by atoms with E-state index in [0.29, 0.717) is 0 Å². The molecular formula is C8H28O6. The minimum atomic E-state index is 0. The molecule has 0 rings (SSSR count). The van der Waals surface area contributed by atoms with Crippen LogP contribution in [0.1, 0.15) is 39.5 Å². The highest BCUT2D eigenvalue weighted by molar-refractivity contribution is 4.33. The van der Waals surface area contributed by atoms with Crippen molar-refractivity contribution in [2.75, 3.05) is 13.2 Å². The summed E-state index contributed by atoms with van der Waals surface area (Å²) in [5.74, 6) is 0. The smallest absolute Gasteiger partial charge is 0.0465 e. The van der Waals surface area contributed by atoms with Crippen LogP contribution in [0.25, 0.3) is 0 Å². The Bertz CT molecular complexity index is 47.1. The van der Waals surface area contributed by atoms with E-state index in [4.69, 9.17) is 4.74 Å². The molecule has 0 radical (unpaired) electrons. The van der Waals surface area contributed by atoms with Crippen molar-refractivity contribution in [2.45, 2.75) is 39.5 Å². The molecule has 6 nitrogen and oxygen atoms in total. The van der Waals surface area contributed by atoms with Crippen LogP contribution in [0.5, 0.6) is 0 Å². The highest BCUT2D eigenvalue weighted by atomic mass is 16.5. The third-order valence-corrected chi connectivity index (χ3v) is 1.28. The van der Waals surface area contributed by atoms with Gasteiger partial charge in [0, 0.05) is 13.2 Å². The average Bonchev–Trinajstić information content (AvgIpc) is 1.89. The lowest BCUT2D eigenvalue weighted by atomic mass is 10.3. The summed E-state index contributed by atoms with van der Waals surface area (Å²) in [5.41, 5.74) is 0. The molecule has 0 saturated carbocycles. The second-order valence-corrected chi connectivity index (χ2v) is 2.32. The van der Waals surface area contributed by atoms with E-state index in [2.05, 4.69) is 13.8 Å². The molecular weight excluding hydrogens is 192 g/mol. The third kappa shape index (κ3) is 41.0. The van der Waals surface area contributed by atoms with Gasteiger partial charge in [0.1, 0.15) is 0 Å². The van der Waals surface area contributed by atoms with Crippen molar-refractivity contribution >= 4 is 0 Å². The molecule has 0 aromatic heterocycles. The maximum atomic E-state index is 5.31. The van der Waals surface area contributed by atoms with Gasteiger partial charge in [-0.3, -0.25) is 0 Å². The predicted molar refractivity (Wildman–Crippen MR) is 58.7 cm³/mol. The molecule has 0 aliphatic rings. The fraction of sp³-hybridized carbons (Fsp3) is 1.00. The number of rotatable bonds is 6. The lowest BCUT2D eigenvalue weighted by Crippen LogP contribution is -1.95. The van der Waals surface area contributed by atoms with E-state index in [0.717, 1.165) is 13.2 Å². The quantitative estimate of drug-likeness (QED) is 0.487. The highest BCUT2D eigenvalue weighted by Crippen LogP contribution is 1.91. The molecule has 96 valence electrons. The van der Waals surface area contributed by atoms with Gasteiger partial charge in [-0.05, 0) is 12.8 Å². The summed E-state index contributed by atoms with van der Waals surface area (Å²) < 4.78 is 5.31. The zero-order chi connectivity index (χ0) is 6.95. The predicted octanol–water partition coefficient (Wildman–Crippen LogP) is -1.52. The van der Waals surface area contributed by atoms with Gasteiger partial charge in [-0.1, -0.05) is 26.7 Å². The Morgan fingerprint density at radius 1 is 0.643 bits per heavy atom. The molecule has 0 atom stereocenters. The topological polar surface area (TPSA) is 167 Å². The van der Waals surface area contributed by atoms with Gasteiger partial charge >= 0.3 is 0 Å². The fourth-order valence-corrected chi connectivity index (χ4v) is 0.595. The number of hydrogen-bond acceptors (Lipinski definition) is 1. The van der Waals surface area contributed by atoms with Crippen LogP contribution in [-0.4, -0.2) is 40.6 Å². The van der Waals surface area contributed by atoms with Gasteiger partial charge in [0.25, 0.3) is 0 Å². The molecule has 6 heteroatoms. The second kappa shape index (κ2) is 38.6. The summed E-state index contributed by atoms with van der Waals surface area (Å²) in [6.07, 6.45) is 4.91. The zero-order valence-corrected chi connectivity index (χ0v) is 9.15. The summed E-state index contributed by atoms with van der Waals surface area (Å²) >= 11 is 0. The van der Waals surface area contributed by atoms with Crippen molar-refractivity contribution < 1.29 is 32.1 Å². The Labute approximate surface area is 85.8 Å². The van der Waals surface area contributed by atoms with Gasteiger partial charge in [-0.2, -0.15) is 0 Å². The summed E-state index contributed by atoms with van der Waals surface area (Å²) in [4.78, 5) is 0. The van der Waals surface area contributed by atoms with Crippen molar-refractivity contribution in [3.8, 4) is 0 Å². The summed E-state index contributed by atoms with van der Waals surface area (Å²) in [5, 5.41) is 0. The van der Waals surface area contributed by atoms with Gasteiger partial charge in [0.2, 0.25) is 0 Å². The Morgan fingerprint density at radius 2 is 0.929 bits per heavy atom. The third-order valence-electron chi connectivity index (χ3n) is 1.28. The molecule has 0 bridgehead atoms. The first-order valence-corrected chi connectivity index (χ1v) is 3.99. The monoisotopic (exact) mass is 220 g/mol. The maximum Gasteiger partial charge on any atom is 0.0465 e. The SMILES string of the molecule is CCCCOCCCC.O.O.O.O.O. The standard InChI is InChI=1S/C8H18O.5H2O/c1-3-5-7-9-8-6-4-2;;;;;/h3-8H2,1-2H3;5*1H2. The fourth-order valence-electron chi connectivity index (χ4n) is 0.595. The summed E-state index contributed by atoms with van der Waals surface area (Å²) in [6.45, 7) is 6.28. The maximum absolute atomic E-state index is 5.31. The molecule has 0 aromatic carbocycles. The molecule has 10 N–H and O–H groups in total. The van der Waals surface area contributed by atoms with Crippen molar-refractivity contribution in [2.24, 2.45) is 0 Å². The average molecular weight is 220 g/mol. The van der Waals surface area contributed by atoms with Gasteiger partial charge < -0.3 is 32.1 Å². The van der Waals surface area contributed by atoms with Gasteiger partial charge in [0.05, 0.1) is 0 Å². The molecule has 0 heterocycles. The van der Waals surface area contributed by atoms with Crippen LogP contribution in [0.4, 0.5) is 0 Å².